The number of aromatic nitrogens is 2. The number of halogens is 1. The second kappa shape index (κ2) is 6.02. The standard InChI is InChI=1S/C17H20FN3O2/c1-10(2)15-9-14(20-21(15)3)17(22)19-13-7-8-23-16-11(13)5-4-6-12(16)18/h4-6,9-10,13H,7-8H2,1-3H3,(H,19,22). The number of nitrogens with one attached hydrogen (secondary N) is 1. The zero-order chi connectivity index (χ0) is 16.6. The number of fused-ring (bicyclic) bond motifs is 1. The minimum atomic E-state index is -0.402. The highest BCUT2D eigenvalue weighted by Gasteiger charge is 2.26. The fraction of sp³-hybridized carbons (Fsp3) is 0.412. The van der Waals surface area contributed by atoms with Gasteiger partial charge in [-0.1, -0.05) is 26.0 Å². The molecule has 1 atom stereocenters. The van der Waals surface area contributed by atoms with E-state index in [-0.39, 0.29) is 23.6 Å². The van der Waals surface area contributed by atoms with Crippen molar-refractivity contribution in [2.75, 3.05) is 6.61 Å². The number of rotatable bonds is 3. The van der Waals surface area contributed by atoms with Crippen molar-refractivity contribution in [3.63, 3.8) is 0 Å². The van der Waals surface area contributed by atoms with Gasteiger partial charge in [0.2, 0.25) is 0 Å². The normalized spacial score (nSPS) is 16.8. The van der Waals surface area contributed by atoms with Crippen LogP contribution < -0.4 is 10.1 Å². The van der Waals surface area contributed by atoms with Gasteiger partial charge in [0.15, 0.2) is 11.6 Å². The van der Waals surface area contributed by atoms with Gasteiger partial charge in [0.25, 0.3) is 5.91 Å². The van der Waals surface area contributed by atoms with E-state index in [1.807, 2.05) is 7.05 Å². The first-order chi connectivity index (χ1) is 11.0. The number of ether oxygens (including phenoxy) is 1. The summed E-state index contributed by atoms with van der Waals surface area (Å²) < 4.78 is 20.9. The van der Waals surface area contributed by atoms with E-state index in [4.69, 9.17) is 4.74 Å². The van der Waals surface area contributed by atoms with Crippen molar-refractivity contribution in [1.82, 2.24) is 15.1 Å². The van der Waals surface area contributed by atoms with Crippen molar-refractivity contribution in [3.05, 3.63) is 47.0 Å². The molecular weight excluding hydrogens is 297 g/mol. The van der Waals surface area contributed by atoms with E-state index in [0.29, 0.717) is 24.3 Å². The number of hydrogen-bond donors (Lipinski definition) is 1. The highest BCUT2D eigenvalue weighted by atomic mass is 19.1. The highest BCUT2D eigenvalue weighted by molar-refractivity contribution is 5.92. The summed E-state index contributed by atoms with van der Waals surface area (Å²) in [5.74, 6) is -0.143. The Morgan fingerprint density at radius 2 is 2.26 bits per heavy atom. The lowest BCUT2D eigenvalue weighted by Gasteiger charge is -2.26. The predicted molar refractivity (Wildman–Crippen MR) is 84.0 cm³/mol. The Labute approximate surface area is 134 Å². The number of hydrogen-bond acceptors (Lipinski definition) is 3. The van der Waals surface area contributed by atoms with E-state index >= 15 is 0 Å². The predicted octanol–water partition coefficient (Wildman–Crippen LogP) is 2.94. The molecule has 0 aliphatic carbocycles. The third-order valence-corrected chi connectivity index (χ3v) is 4.07. The van der Waals surface area contributed by atoms with Crippen LogP contribution in [-0.4, -0.2) is 22.3 Å². The topological polar surface area (TPSA) is 56.1 Å². The summed E-state index contributed by atoms with van der Waals surface area (Å²) in [6, 6.07) is 6.29. The number of amides is 1. The SMILES string of the molecule is CC(C)c1cc(C(=O)NC2CCOc3c(F)cccc32)nn1C. The number of carbonyl (C=O) groups is 1. The molecule has 2 heterocycles. The zero-order valence-electron chi connectivity index (χ0n) is 13.5. The second-order valence-corrected chi connectivity index (χ2v) is 6.05. The minimum Gasteiger partial charge on any atom is -0.490 e. The molecule has 0 radical (unpaired) electrons. The van der Waals surface area contributed by atoms with Crippen LogP contribution in [0.2, 0.25) is 0 Å². The average molecular weight is 317 g/mol. The van der Waals surface area contributed by atoms with Gasteiger partial charge in [-0.2, -0.15) is 5.10 Å². The maximum absolute atomic E-state index is 13.8. The Bertz CT molecular complexity index is 739. The van der Waals surface area contributed by atoms with Gasteiger partial charge in [-0.3, -0.25) is 9.48 Å². The minimum absolute atomic E-state index is 0.230. The van der Waals surface area contributed by atoms with Crippen LogP contribution in [0.15, 0.2) is 24.3 Å². The number of carbonyl (C=O) groups excluding carboxylic acids is 1. The summed E-state index contributed by atoms with van der Waals surface area (Å²) in [5, 5.41) is 7.21. The van der Waals surface area contributed by atoms with Crippen molar-refractivity contribution in [2.45, 2.75) is 32.2 Å². The molecule has 2 aromatic rings. The van der Waals surface area contributed by atoms with Crippen LogP contribution in [0.25, 0.3) is 0 Å². The monoisotopic (exact) mass is 317 g/mol. The molecule has 0 spiro atoms. The quantitative estimate of drug-likeness (QED) is 0.947. The van der Waals surface area contributed by atoms with Gasteiger partial charge in [-0.15, -0.1) is 0 Å². The lowest BCUT2D eigenvalue weighted by atomic mass is 10.00. The van der Waals surface area contributed by atoms with Crippen LogP contribution in [0.4, 0.5) is 4.39 Å². The second-order valence-electron chi connectivity index (χ2n) is 6.05. The summed E-state index contributed by atoms with van der Waals surface area (Å²) in [7, 11) is 1.82. The molecule has 6 heteroatoms. The Balaban J connectivity index is 1.82. The lowest BCUT2D eigenvalue weighted by Crippen LogP contribution is -2.32. The van der Waals surface area contributed by atoms with Crippen molar-refractivity contribution < 1.29 is 13.9 Å². The molecule has 0 saturated carbocycles. The first-order valence-electron chi connectivity index (χ1n) is 7.73. The van der Waals surface area contributed by atoms with E-state index < -0.39 is 5.82 Å². The molecule has 1 N–H and O–H groups in total. The summed E-state index contributed by atoms with van der Waals surface area (Å²) in [5.41, 5.74) is 2.04. The van der Waals surface area contributed by atoms with Gasteiger partial charge >= 0.3 is 0 Å². The Hall–Kier alpha value is -2.37. The van der Waals surface area contributed by atoms with E-state index in [0.717, 1.165) is 5.69 Å². The number of benzene rings is 1. The van der Waals surface area contributed by atoms with Crippen molar-refractivity contribution >= 4 is 5.91 Å². The highest BCUT2D eigenvalue weighted by Crippen LogP contribution is 2.34. The van der Waals surface area contributed by atoms with E-state index in [2.05, 4.69) is 24.3 Å². The molecular formula is C17H20FN3O2. The molecule has 1 aliphatic rings. The van der Waals surface area contributed by atoms with Gasteiger partial charge in [0.1, 0.15) is 5.69 Å². The first-order valence-corrected chi connectivity index (χ1v) is 7.73. The van der Waals surface area contributed by atoms with Gasteiger partial charge < -0.3 is 10.1 Å². The van der Waals surface area contributed by atoms with Crippen molar-refractivity contribution in [3.8, 4) is 5.75 Å². The third kappa shape index (κ3) is 2.93. The first kappa shape index (κ1) is 15.5. The van der Waals surface area contributed by atoms with Crippen LogP contribution in [0, 0.1) is 5.82 Å². The van der Waals surface area contributed by atoms with E-state index in [1.165, 1.54) is 6.07 Å². The third-order valence-electron chi connectivity index (χ3n) is 4.07. The Morgan fingerprint density at radius 1 is 1.48 bits per heavy atom. The van der Waals surface area contributed by atoms with Crippen molar-refractivity contribution in [1.29, 1.82) is 0 Å². The Morgan fingerprint density at radius 3 is 2.96 bits per heavy atom. The van der Waals surface area contributed by atoms with Crippen LogP contribution in [-0.2, 0) is 7.05 Å². The molecule has 0 fully saturated rings. The van der Waals surface area contributed by atoms with Gasteiger partial charge in [-0.25, -0.2) is 4.39 Å². The van der Waals surface area contributed by atoms with E-state index in [9.17, 15) is 9.18 Å². The summed E-state index contributed by atoms with van der Waals surface area (Å²) in [4.78, 5) is 12.5. The molecule has 5 nitrogen and oxygen atoms in total. The van der Waals surface area contributed by atoms with Gasteiger partial charge in [0.05, 0.1) is 12.6 Å². The summed E-state index contributed by atoms with van der Waals surface area (Å²) >= 11 is 0. The smallest absolute Gasteiger partial charge is 0.272 e. The molecule has 1 aromatic carbocycles. The zero-order valence-corrected chi connectivity index (χ0v) is 13.5. The molecule has 1 aliphatic heterocycles. The largest absolute Gasteiger partial charge is 0.490 e. The van der Waals surface area contributed by atoms with Crippen LogP contribution in [0.5, 0.6) is 5.75 Å². The molecule has 1 unspecified atom stereocenters. The number of aryl methyl sites for hydroxylation is 1. The molecule has 0 bridgehead atoms. The summed E-state index contributed by atoms with van der Waals surface area (Å²) in [6.07, 6.45) is 0.603. The molecule has 1 aromatic heterocycles. The molecule has 23 heavy (non-hydrogen) atoms. The molecule has 122 valence electrons. The maximum Gasteiger partial charge on any atom is 0.272 e. The fourth-order valence-corrected chi connectivity index (χ4v) is 2.90. The fourth-order valence-electron chi connectivity index (χ4n) is 2.90. The summed E-state index contributed by atoms with van der Waals surface area (Å²) in [6.45, 7) is 4.48. The van der Waals surface area contributed by atoms with Crippen LogP contribution in [0.1, 0.15) is 54.0 Å². The Kier molecular flexibility index (Phi) is 4.07. The van der Waals surface area contributed by atoms with E-state index in [1.54, 1.807) is 22.9 Å². The van der Waals surface area contributed by atoms with Crippen LogP contribution >= 0.6 is 0 Å². The van der Waals surface area contributed by atoms with Gasteiger partial charge in [0, 0.05) is 24.7 Å². The molecule has 0 saturated heterocycles. The van der Waals surface area contributed by atoms with Crippen molar-refractivity contribution in [2.24, 2.45) is 7.05 Å². The molecule has 1 amide bonds. The van der Waals surface area contributed by atoms with Gasteiger partial charge in [-0.05, 0) is 18.1 Å². The number of nitrogens with zero attached hydrogens (tertiary/aromatic N) is 2. The molecule has 3 rings (SSSR count). The number of para-hydroxylation sites is 1. The lowest BCUT2D eigenvalue weighted by molar-refractivity contribution is 0.0918. The average Bonchev–Trinajstić information content (AvgIpc) is 2.91. The maximum atomic E-state index is 13.8. The van der Waals surface area contributed by atoms with Crippen LogP contribution in [0.3, 0.4) is 0 Å².